The highest BCUT2D eigenvalue weighted by Gasteiger charge is 2.13. The van der Waals surface area contributed by atoms with E-state index in [4.69, 9.17) is 4.74 Å². The van der Waals surface area contributed by atoms with Crippen LogP contribution in [0.15, 0.2) is 48.2 Å². The maximum absolute atomic E-state index is 12.0. The molecular weight excluding hydrogens is 326 g/mol. The molecule has 0 aliphatic heterocycles. The lowest BCUT2D eigenvalue weighted by Gasteiger charge is -2.08. The van der Waals surface area contributed by atoms with Gasteiger partial charge in [0, 0.05) is 11.9 Å². The zero-order valence-electron chi connectivity index (χ0n) is 12.9. The molecule has 0 aliphatic carbocycles. The largest absolute Gasteiger partial charge is 0.419 e. The number of thiazole rings is 1. The molecule has 0 fully saturated rings. The van der Waals surface area contributed by atoms with Gasteiger partial charge in [-0.3, -0.25) is 10.3 Å². The molecular formula is C16H15N5O2S. The molecule has 7 nitrogen and oxygen atoms in total. The standard InChI is InChI=1S/C16H15N5O2S/c1-2-11-5-3-7-13(19-11)21-16(22)23-14-15(24-10-18-14)20-12-6-4-8-17-9-12/h3-10,20H,2H2,1H3,(H,19,21,22). The quantitative estimate of drug-likeness (QED) is 0.733. The Bertz CT molecular complexity index is 822. The van der Waals surface area contributed by atoms with Gasteiger partial charge in [-0.25, -0.2) is 14.8 Å². The Labute approximate surface area is 142 Å². The molecule has 8 heteroatoms. The topological polar surface area (TPSA) is 89.0 Å². The van der Waals surface area contributed by atoms with Crippen LogP contribution in [0, 0.1) is 0 Å². The minimum Gasteiger partial charge on any atom is -0.388 e. The third-order valence-electron chi connectivity index (χ3n) is 3.04. The Morgan fingerprint density at radius 3 is 3.00 bits per heavy atom. The van der Waals surface area contributed by atoms with E-state index >= 15 is 0 Å². The van der Waals surface area contributed by atoms with Crippen LogP contribution < -0.4 is 15.4 Å². The first-order chi connectivity index (χ1) is 11.7. The number of carbonyl (C=O) groups is 1. The summed E-state index contributed by atoms with van der Waals surface area (Å²) in [5, 5.41) is 6.33. The molecule has 1 amide bonds. The number of nitrogens with zero attached hydrogens (tertiary/aromatic N) is 3. The van der Waals surface area contributed by atoms with E-state index in [1.54, 1.807) is 24.0 Å². The lowest BCUT2D eigenvalue weighted by Crippen LogP contribution is -2.18. The predicted octanol–water partition coefficient (Wildman–Crippen LogP) is 3.85. The van der Waals surface area contributed by atoms with Crippen molar-refractivity contribution in [1.82, 2.24) is 15.0 Å². The summed E-state index contributed by atoms with van der Waals surface area (Å²) in [5.74, 6) is 0.643. The van der Waals surface area contributed by atoms with Crippen LogP contribution in [0.1, 0.15) is 12.6 Å². The smallest absolute Gasteiger partial charge is 0.388 e. The van der Waals surface area contributed by atoms with E-state index in [-0.39, 0.29) is 5.88 Å². The van der Waals surface area contributed by atoms with Gasteiger partial charge in [0.1, 0.15) is 5.82 Å². The summed E-state index contributed by atoms with van der Waals surface area (Å²) < 4.78 is 5.26. The van der Waals surface area contributed by atoms with Crippen molar-refractivity contribution in [1.29, 1.82) is 0 Å². The van der Waals surface area contributed by atoms with E-state index in [9.17, 15) is 4.79 Å². The summed E-state index contributed by atoms with van der Waals surface area (Å²) in [6.45, 7) is 2.00. The molecule has 3 aromatic rings. The van der Waals surface area contributed by atoms with E-state index in [0.29, 0.717) is 10.8 Å². The molecule has 2 N–H and O–H groups in total. The predicted molar refractivity (Wildman–Crippen MR) is 92.9 cm³/mol. The summed E-state index contributed by atoms with van der Waals surface area (Å²) in [6, 6.07) is 9.10. The lowest BCUT2D eigenvalue weighted by molar-refractivity contribution is 0.214. The molecule has 0 aliphatic rings. The summed E-state index contributed by atoms with van der Waals surface area (Å²) in [4.78, 5) is 24.4. The fourth-order valence-corrected chi connectivity index (χ4v) is 2.55. The Morgan fingerprint density at radius 2 is 2.21 bits per heavy atom. The summed E-state index contributed by atoms with van der Waals surface area (Å²) >= 11 is 1.33. The van der Waals surface area contributed by atoms with Gasteiger partial charge in [0.25, 0.3) is 5.88 Å². The maximum Gasteiger partial charge on any atom is 0.419 e. The second-order valence-electron chi connectivity index (χ2n) is 4.74. The van der Waals surface area contributed by atoms with Crippen molar-refractivity contribution in [3.05, 3.63) is 53.9 Å². The molecule has 122 valence electrons. The SMILES string of the molecule is CCc1cccc(NC(=O)Oc2ncsc2Nc2cccnc2)n1. The third-order valence-corrected chi connectivity index (χ3v) is 3.77. The van der Waals surface area contributed by atoms with Crippen LogP contribution in [0.2, 0.25) is 0 Å². The van der Waals surface area contributed by atoms with Crippen molar-refractivity contribution >= 4 is 33.9 Å². The zero-order valence-corrected chi connectivity index (χ0v) is 13.7. The van der Waals surface area contributed by atoms with Crippen molar-refractivity contribution in [2.24, 2.45) is 0 Å². The van der Waals surface area contributed by atoms with Crippen LogP contribution in [-0.4, -0.2) is 21.0 Å². The van der Waals surface area contributed by atoms with E-state index < -0.39 is 6.09 Å². The Hall–Kier alpha value is -3.00. The zero-order chi connectivity index (χ0) is 16.8. The highest BCUT2D eigenvalue weighted by molar-refractivity contribution is 7.14. The third kappa shape index (κ3) is 4.05. The maximum atomic E-state index is 12.0. The summed E-state index contributed by atoms with van der Waals surface area (Å²) in [6.07, 6.45) is 3.50. The molecule has 0 radical (unpaired) electrons. The van der Waals surface area contributed by atoms with Crippen LogP contribution in [0.3, 0.4) is 0 Å². The number of amides is 1. The van der Waals surface area contributed by atoms with Crippen LogP contribution in [0.5, 0.6) is 5.88 Å². The number of carbonyl (C=O) groups excluding carboxylic acids is 1. The van der Waals surface area contributed by atoms with Gasteiger partial charge >= 0.3 is 6.09 Å². The monoisotopic (exact) mass is 341 g/mol. The summed E-state index contributed by atoms with van der Waals surface area (Å²) in [7, 11) is 0. The van der Waals surface area contributed by atoms with Crippen LogP contribution in [0.25, 0.3) is 0 Å². The fraction of sp³-hybridized carbons (Fsp3) is 0.125. The molecule has 3 heterocycles. The van der Waals surface area contributed by atoms with Crippen LogP contribution in [0.4, 0.5) is 21.3 Å². The number of hydrogen-bond donors (Lipinski definition) is 2. The van der Waals surface area contributed by atoms with Gasteiger partial charge in [0.2, 0.25) is 0 Å². The van der Waals surface area contributed by atoms with Crippen molar-refractivity contribution in [3.8, 4) is 5.88 Å². The van der Waals surface area contributed by atoms with E-state index in [1.807, 2.05) is 31.2 Å². The molecule has 0 aromatic carbocycles. The van der Waals surface area contributed by atoms with Crippen LogP contribution >= 0.6 is 11.3 Å². The lowest BCUT2D eigenvalue weighted by atomic mass is 10.3. The van der Waals surface area contributed by atoms with Crippen LogP contribution in [-0.2, 0) is 6.42 Å². The number of aromatic nitrogens is 3. The number of nitrogens with one attached hydrogen (secondary N) is 2. The molecule has 0 atom stereocenters. The summed E-state index contributed by atoms with van der Waals surface area (Å²) in [5.41, 5.74) is 3.27. The molecule has 0 saturated carbocycles. The number of aryl methyl sites for hydroxylation is 1. The molecule has 3 aromatic heterocycles. The average Bonchev–Trinajstić information content (AvgIpc) is 3.02. The number of ether oxygens (including phenoxy) is 1. The van der Waals surface area contributed by atoms with Gasteiger partial charge in [-0.2, -0.15) is 0 Å². The second kappa shape index (κ2) is 7.51. The molecule has 3 rings (SSSR count). The Kier molecular flexibility index (Phi) is 4.97. The van der Waals surface area contributed by atoms with Gasteiger partial charge in [0.15, 0.2) is 5.00 Å². The van der Waals surface area contributed by atoms with Crippen molar-refractivity contribution in [3.63, 3.8) is 0 Å². The number of hydrogen-bond acceptors (Lipinski definition) is 7. The van der Waals surface area contributed by atoms with Gasteiger partial charge in [-0.1, -0.05) is 13.0 Å². The van der Waals surface area contributed by atoms with Gasteiger partial charge in [-0.05, 0) is 30.7 Å². The number of anilines is 3. The minimum absolute atomic E-state index is 0.202. The van der Waals surface area contributed by atoms with Gasteiger partial charge < -0.3 is 10.1 Å². The normalized spacial score (nSPS) is 10.2. The van der Waals surface area contributed by atoms with E-state index in [2.05, 4.69) is 25.6 Å². The first-order valence-electron chi connectivity index (χ1n) is 7.30. The molecule has 0 unspecified atom stereocenters. The van der Waals surface area contributed by atoms with Crippen molar-refractivity contribution < 1.29 is 9.53 Å². The van der Waals surface area contributed by atoms with E-state index in [0.717, 1.165) is 17.8 Å². The van der Waals surface area contributed by atoms with Gasteiger partial charge in [0.05, 0.1) is 17.4 Å². The highest BCUT2D eigenvalue weighted by Crippen LogP contribution is 2.30. The average molecular weight is 341 g/mol. The van der Waals surface area contributed by atoms with Crippen molar-refractivity contribution in [2.45, 2.75) is 13.3 Å². The van der Waals surface area contributed by atoms with E-state index in [1.165, 1.54) is 11.3 Å². The Balaban J connectivity index is 1.65. The second-order valence-corrected chi connectivity index (χ2v) is 5.59. The molecule has 24 heavy (non-hydrogen) atoms. The fourth-order valence-electron chi connectivity index (χ4n) is 1.92. The first kappa shape index (κ1) is 15.9. The molecule has 0 bridgehead atoms. The number of rotatable bonds is 5. The highest BCUT2D eigenvalue weighted by atomic mass is 32.1. The number of pyridine rings is 2. The minimum atomic E-state index is -0.643. The van der Waals surface area contributed by atoms with Crippen molar-refractivity contribution in [2.75, 3.05) is 10.6 Å². The molecule has 0 saturated heterocycles. The van der Waals surface area contributed by atoms with Gasteiger partial charge in [-0.15, -0.1) is 11.3 Å². The Morgan fingerprint density at radius 1 is 1.29 bits per heavy atom. The molecule has 0 spiro atoms. The first-order valence-corrected chi connectivity index (χ1v) is 8.18.